The molecule has 3 rings (SSSR count). The number of hydrogen-bond donors (Lipinski definition) is 2. The molecular weight excluding hydrogens is 347 g/mol. The van der Waals surface area contributed by atoms with Crippen molar-refractivity contribution in [2.45, 2.75) is 5.92 Å². The van der Waals surface area contributed by atoms with Gasteiger partial charge in [0.15, 0.2) is 5.82 Å². The monoisotopic (exact) mass is 359 g/mol. The highest BCUT2D eigenvalue weighted by atomic mass is 35.5. The number of anilines is 1. The second-order valence-electron chi connectivity index (χ2n) is 5.37. The van der Waals surface area contributed by atoms with Crippen LogP contribution in [0.25, 0.3) is 11.4 Å². The molecule has 24 heavy (non-hydrogen) atoms. The lowest BCUT2D eigenvalue weighted by molar-refractivity contribution is 0.0156. The van der Waals surface area contributed by atoms with Gasteiger partial charge in [0, 0.05) is 30.9 Å². The Labute approximate surface area is 139 Å². The molecule has 0 amide bonds. The van der Waals surface area contributed by atoms with E-state index in [0.29, 0.717) is 6.54 Å². The molecule has 6 nitrogen and oxygen atoms in total. The molecule has 0 spiro atoms. The lowest BCUT2D eigenvalue weighted by Crippen LogP contribution is -2.39. The number of alkyl halides is 2. The van der Waals surface area contributed by atoms with Crippen LogP contribution in [0.2, 0.25) is 5.02 Å². The molecule has 1 aliphatic rings. The van der Waals surface area contributed by atoms with Gasteiger partial charge in [-0.2, -0.15) is 4.39 Å². The molecule has 2 aromatic rings. The zero-order chi connectivity index (χ0) is 17.3. The van der Waals surface area contributed by atoms with E-state index in [1.165, 1.54) is 17.2 Å². The van der Waals surface area contributed by atoms with E-state index in [2.05, 4.69) is 20.3 Å². The minimum Gasteiger partial charge on any atom is -0.348 e. The van der Waals surface area contributed by atoms with E-state index in [1.54, 1.807) is 0 Å². The first-order valence-electron chi connectivity index (χ1n) is 7.11. The fourth-order valence-corrected chi connectivity index (χ4v) is 2.63. The van der Waals surface area contributed by atoms with Crippen molar-refractivity contribution < 1.29 is 13.2 Å². The largest absolute Gasteiger partial charge is 0.348 e. The Morgan fingerprint density at radius 2 is 2.17 bits per heavy atom. The van der Waals surface area contributed by atoms with Crippen molar-refractivity contribution in [3.63, 3.8) is 0 Å². The first kappa shape index (κ1) is 16.7. The predicted molar refractivity (Wildman–Crippen MR) is 83.1 cm³/mol. The van der Waals surface area contributed by atoms with Crippen LogP contribution in [0, 0.1) is 5.95 Å². The van der Waals surface area contributed by atoms with Gasteiger partial charge in [0.2, 0.25) is 5.95 Å². The summed E-state index contributed by atoms with van der Waals surface area (Å²) in [6.07, 6.45) is 1.21. The molecule has 1 aliphatic heterocycles. The fraction of sp³-hybridized carbons (Fsp3) is 0.357. The van der Waals surface area contributed by atoms with E-state index in [4.69, 9.17) is 11.6 Å². The fourth-order valence-electron chi connectivity index (χ4n) is 2.42. The van der Waals surface area contributed by atoms with Crippen LogP contribution < -0.4 is 15.8 Å². The lowest BCUT2D eigenvalue weighted by Gasteiger charge is -2.25. The zero-order valence-electron chi connectivity index (χ0n) is 12.3. The highest BCUT2D eigenvalue weighted by Crippen LogP contribution is 2.26. The van der Waals surface area contributed by atoms with Crippen molar-refractivity contribution in [3.8, 4) is 11.4 Å². The Kier molecular flexibility index (Phi) is 4.46. The Hall–Kier alpha value is -2.13. The van der Waals surface area contributed by atoms with Crippen LogP contribution in [0.4, 0.5) is 19.0 Å². The summed E-state index contributed by atoms with van der Waals surface area (Å²) in [6, 6.07) is 2.52. The van der Waals surface area contributed by atoms with Gasteiger partial charge in [0.1, 0.15) is 10.8 Å². The smallest absolute Gasteiger partial charge is 0.277 e. The van der Waals surface area contributed by atoms with E-state index in [9.17, 15) is 18.0 Å². The summed E-state index contributed by atoms with van der Waals surface area (Å²) < 4.78 is 40.8. The first-order chi connectivity index (χ1) is 11.4. The SMILES string of the molecule is O=c1[nH]c(-c2ccnc(F)c2)nc(N2CCNCC(F)(F)C2)c1Cl. The number of halogens is 4. The Morgan fingerprint density at radius 3 is 2.92 bits per heavy atom. The summed E-state index contributed by atoms with van der Waals surface area (Å²) in [5.74, 6) is -3.78. The Morgan fingerprint density at radius 1 is 1.38 bits per heavy atom. The molecule has 0 radical (unpaired) electrons. The predicted octanol–water partition coefficient (Wildman–Crippen LogP) is 1.67. The second-order valence-corrected chi connectivity index (χ2v) is 5.75. The van der Waals surface area contributed by atoms with Crippen molar-refractivity contribution in [3.05, 3.63) is 39.7 Å². The van der Waals surface area contributed by atoms with Crippen LogP contribution in [0.1, 0.15) is 0 Å². The molecule has 3 heterocycles. The molecule has 10 heteroatoms. The summed E-state index contributed by atoms with van der Waals surface area (Å²) in [6.45, 7) is -0.595. The number of nitrogens with zero attached hydrogens (tertiary/aromatic N) is 3. The summed E-state index contributed by atoms with van der Waals surface area (Å²) in [7, 11) is 0. The van der Waals surface area contributed by atoms with Gasteiger partial charge in [-0.15, -0.1) is 0 Å². The minimum atomic E-state index is -2.99. The van der Waals surface area contributed by atoms with Gasteiger partial charge in [0.05, 0.1) is 13.1 Å². The first-order valence-corrected chi connectivity index (χ1v) is 7.49. The van der Waals surface area contributed by atoms with E-state index < -0.39 is 30.5 Å². The molecule has 1 saturated heterocycles. The summed E-state index contributed by atoms with van der Waals surface area (Å²) >= 11 is 5.96. The lowest BCUT2D eigenvalue weighted by atomic mass is 10.2. The van der Waals surface area contributed by atoms with Crippen molar-refractivity contribution in [1.29, 1.82) is 0 Å². The molecular formula is C14H13ClF3N5O. The summed E-state index contributed by atoms with van der Waals surface area (Å²) in [4.78, 5) is 23.3. The van der Waals surface area contributed by atoms with Crippen LogP contribution in [0.3, 0.4) is 0 Å². The highest BCUT2D eigenvalue weighted by molar-refractivity contribution is 6.32. The van der Waals surface area contributed by atoms with Crippen molar-refractivity contribution in [2.24, 2.45) is 0 Å². The summed E-state index contributed by atoms with van der Waals surface area (Å²) in [5, 5.41) is 2.33. The number of aromatic nitrogens is 3. The normalized spacial score (nSPS) is 17.6. The number of rotatable bonds is 2. The molecule has 0 saturated carbocycles. The van der Waals surface area contributed by atoms with E-state index in [1.807, 2.05) is 0 Å². The molecule has 2 aromatic heterocycles. The topological polar surface area (TPSA) is 73.9 Å². The van der Waals surface area contributed by atoms with Gasteiger partial charge in [-0.05, 0) is 6.07 Å². The standard InChI is InChI=1S/C14H13ClF3N5O/c15-10-12(23-4-3-19-6-14(17,18)7-23)21-11(22-13(10)24)8-1-2-20-9(16)5-8/h1-2,5,19H,3-4,6-7H2,(H,21,22,24). The maximum absolute atomic E-state index is 13.8. The third kappa shape index (κ3) is 3.51. The van der Waals surface area contributed by atoms with Crippen LogP contribution in [0.15, 0.2) is 23.1 Å². The molecule has 2 N–H and O–H groups in total. The van der Waals surface area contributed by atoms with Gasteiger partial charge in [-0.3, -0.25) is 4.79 Å². The molecule has 0 atom stereocenters. The number of hydrogen-bond acceptors (Lipinski definition) is 5. The van der Waals surface area contributed by atoms with Crippen molar-refractivity contribution >= 4 is 17.4 Å². The summed E-state index contributed by atoms with van der Waals surface area (Å²) in [5.41, 5.74) is -0.424. The Bertz CT molecular complexity index is 813. The van der Waals surface area contributed by atoms with Gasteiger partial charge >= 0.3 is 0 Å². The van der Waals surface area contributed by atoms with Crippen LogP contribution in [0.5, 0.6) is 0 Å². The van der Waals surface area contributed by atoms with E-state index in [0.717, 1.165) is 6.07 Å². The van der Waals surface area contributed by atoms with Crippen LogP contribution in [-0.4, -0.2) is 47.1 Å². The minimum absolute atomic E-state index is 0.0289. The van der Waals surface area contributed by atoms with Crippen molar-refractivity contribution in [2.75, 3.05) is 31.1 Å². The van der Waals surface area contributed by atoms with Gasteiger partial charge in [-0.1, -0.05) is 11.6 Å². The second kappa shape index (κ2) is 6.40. The van der Waals surface area contributed by atoms with Crippen LogP contribution in [-0.2, 0) is 0 Å². The third-order valence-electron chi connectivity index (χ3n) is 3.51. The molecule has 1 fully saturated rings. The van der Waals surface area contributed by atoms with E-state index in [-0.39, 0.29) is 28.8 Å². The Balaban J connectivity index is 2.06. The molecule has 0 bridgehead atoms. The zero-order valence-corrected chi connectivity index (χ0v) is 13.1. The van der Waals surface area contributed by atoms with Gasteiger partial charge in [-0.25, -0.2) is 18.7 Å². The van der Waals surface area contributed by atoms with Crippen molar-refractivity contribution in [1.82, 2.24) is 20.3 Å². The number of aromatic amines is 1. The third-order valence-corrected chi connectivity index (χ3v) is 3.85. The molecule has 0 unspecified atom stereocenters. The maximum atomic E-state index is 13.8. The van der Waals surface area contributed by atoms with Crippen LogP contribution >= 0.6 is 11.6 Å². The maximum Gasteiger partial charge on any atom is 0.277 e. The highest BCUT2D eigenvalue weighted by Gasteiger charge is 2.35. The number of pyridine rings is 1. The quantitative estimate of drug-likeness (QED) is 0.798. The average Bonchev–Trinajstić information content (AvgIpc) is 2.70. The molecule has 128 valence electrons. The molecule has 0 aliphatic carbocycles. The van der Waals surface area contributed by atoms with Gasteiger partial charge in [0.25, 0.3) is 11.5 Å². The molecule has 0 aromatic carbocycles. The van der Waals surface area contributed by atoms with Gasteiger partial charge < -0.3 is 15.2 Å². The average molecular weight is 360 g/mol. The van der Waals surface area contributed by atoms with E-state index >= 15 is 0 Å². The number of nitrogens with one attached hydrogen (secondary N) is 2. The number of H-pyrrole nitrogens is 1.